The highest BCUT2D eigenvalue weighted by Gasteiger charge is 2.16. The van der Waals surface area contributed by atoms with Gasteiger partial charge in [0.05, 0.1) is 6.10 Å². The molecule has 0 spiro atoms. The third kappa shape index (κ3) is 4.64. The average molecular weight is 354 g/mol. The molecule has 2 heterocycles. The van der Waals surface area contributed by atoms with E-state index in [0.29, 0.717) is 29.4 Å². The highest BCUT2D eigenvalue weighted by atomic mass is 16.5. The normalized spacial score (nSPS) is 16.3. The van der Waals surface area contributed by atoms with Crippen LogP contribution in [0.3, 0.4) is 0 Å². The predicted octanol–water partition coefficient (Wildman–Crippen LogP) is 2.83. The van der Waals surface area contributed by atoms with Crippen LogP contribution in [0.4, 0.5) is 11.6 Å². The first-order valence-electron chi connectivity index (χ1n) is 8.65. The Balaban J connectivity index is 1.66. The number of ether oxygens (including phenoxy) is 1. The van der Waals surface area contributed by atoms with E-state index in [1.807, 2.05) is 6.92 Å². The molecular formula is C19H22N4O3. The summed E-state index contributed by atoms with van der Waals surface area (Å²) in [5, 5.41) is 5.92. The van der Waals surface area contributed by atoms with Gasteiger partial charge in [0.15, 0.2) is 5.78 Å². The molecule has 3 rings (SSSR count). The molecule has 26 heavy (non-hydrogen) atoms. The molecule has 1 saturated heterocycles. The van der Waals surface area contributed by atoms with Gasteiger partial charge in [-0.25, -0.2) is 9.97 Å². The largest absolute Gasteiger partial charge is 0.376 e. The van der Waals surface area contributed by atoms with E-state index in [1.165, 1.54) is 6.92 Å². The van der Waals surface area contributed by atoms with Crippen molar-refractivity contribution in [1.29, 1.82) is 0 Å². The highest BCUT2D eigenvalue weighted by molar-refractivity contribution is 6.03. The standard InChI is InChI=1S/C19H22N4O3/c1-12-10-17(23-19(21-12)20-11-16-4-3-9-26-16)18(25)22-15-7-5-14(6-8-15)13(2)24/h5-8,10,16H,3-4,9,11H2,1-2H3,(H,22,25)(H,20,21,23). The minimum atomic E-state index is -0.328. The van der Waals surface area contributed by atoms with Gasteiger partial charge in [-0.05, 0) is 57.0 Å². The topological polar surface area (TPSA) is 93.2 Å². The number of aryl methyl sites for hydroxylation is 1. The lowest BCUT2D eigenvalue weighted by atomic mass is 10.1. The van der Waals surface area contributed by atoms with Gasteiger partial charge < -0.3 is 15.4 Å². The van der Waals surface area contributed by atoms with Crippen LogP contribution < -0.4 is 10.6 Å². The van der Waals surface area contributed by atoms with Crippen molar-refractivity contribution in [3.05, 3.63) is 47.3 Å². The number of anilines is 2. The Morgan fingerprint density at radius 3 is 2.65 bits per heavy atom. The summed E-state index contributed by atoms with van der Waals surface area (Å²) < 4.78 is 5.57. The molecule has 0 radical (unpaired) electrons. The molecule has 1 amide bonds. The fraction of sp³-hybridized carbons (Fsp3) is 0.368. The average Bonchev–Trinajstić information content (AvgIpc) is 3.13. The summed E-state index contributed by atoms with van der Waals surface area (Å²) in [4.78, 5) is 32.4. The van der Waals surface area contributed by atoms with E-state index in [0.717, 1.165) is 19.4 Å². The Hall–Kier alpha value is -2.80. The molecule has 136 valence electrons. The minimum absolute atomic E-state index is 0.0174. The van der Waals surface area contributed by atoms with Crippen molar-refractivity contribution in [3.8, 4) is 0 Å². The maximum absolute atomic E-state index is 12.5. The Kier molecular flexibility index (Phi) is 5.58. The summed E-state index contributed by atoms with van der Waals surface area (Å²) in [5.41, 5.74) is 2.18. The van der Waals surface area contributed by atoms with Gasteiger partial charge in [-0.3, -0.25) is 9.59 Å². The number of benzene rings is 1. The molecule has 7 heteroatoms. The second kappa shape index (κ2) is 8.05. The zero-order valence-corrected chi connectivity index (χ0v) is 14.9. The SMILES string of the molecule is CC(=O)c1ccc(NC(=O)c2cc(C)nc(NCC3CCCO3)n2)cc1. The number of nitrogens with one attached hydrogen (secondary N) is 2. The van der Waals surface area contributed by atoms with Crippen LogP contribution in [0.5, 0.6) is 0 Å². The van der Waals surface area contributed by atoms with E-state index in [2.05, 4.69) is 20.6 Å². The predicted molar refractivity (Wildman–Crippen MR) is 98.6 cm³/mol. The third-order valence-corrected chi connectivity index (χ3v) is 4.15. The van der Waals surface area contributed by atoms with Crippen molar-refractivity contribution in [2.45, 2.75) is 32.8 Å². The summed E-state index contributed by atoms with van der Waals surface area (Å²) in [6, 6.07) is 8.38. The first-order valence-corrected chi connectivity index (χ1v) is 8.65. The molecule has 0 bridgehead atoms. The monoisotopic (exact) mass is 354 g/mol. The van der Waals surface area contributed by atoms with Crippen LogP contribution in [-0.4, -0.2) is 40.9 Å². The summed E-state index contributed by atoms with van der Waals surface area (Å²) in [6.45, 7) is 4.73. The van der Waals surface area contributed by atoms with Crippen molar-refractivity contribution in [3.63, 3.8) is 0 Å². The lowest BCUT2D eigenvalue weighted by Gasteiger charge is -2.12. The molecule has 1 aromatic carbocycles. The van der Waals surface area contributed by atoms with Crippen LogP contribution >= 0.6 is 0 Å². The molecular weight excluding hydrogens is 332 g/mol. The van der Waals surface area contributed by atoms with E-state index < -0.39 is 0 Å². The number of amides is 1. The van der Waals surface area contributed by atoms with Gasteiger partial charge in [-0.1, -0.05) is 0 Å². The number of rotatable bonds is 6. The van der Waals surface area contributed by atoms with E-state index in [-0.39, 0.29) is 23.5 Å². The Morgan fingerprint density at radius 1 is 1.23 bits per heavy atom. The Morgan fingerprint density at radius 2 is 2.00 bits per heavy atom. The summed E-state index contributed by atoms with van der Waals surface area (Å²) in [7, 11) is 0. The lowest BCUT2D eigenvalue weighted by Crippen LogP contribution is -2.21. The number of aromatic nitrogens is 2. The number of ketones is 1. The summed E-state index contributed by atoms with van der Waals surface area (Å²) in [6.07, 6.45) is 2.25. The molecule has 1 aromatic heterocycles. The number of hydrogen-bond donors (Lipinski definition) is 2. The smallest absolute Gasteiger partial charge is 0.274 e. The van der Waals surface area contributed by atoms with Crippen LogP contribution in [0.2, 0.25) is 0 Å². The lowest BCUT2D eigenvalue weighted by molar-refractivity contribution is 0.101. The van der Waals surface area contributed by atoms with Crippen LogP contribution in [-0.2, 0) is 4.74 Å². The van der Waals surface area contributed by atoms with Crippen LogP contribution in [0.1, 0.15) is 46.3 Å². The van der Waals surface area contributed by atoms with E-state index in [9.17, 15) is 9.59 Å². The van der Waals surface area contributed by atoms with Gasteiger partial charge >= 0.3 is 0 Å². The van der Waals surface area contributed by atoms with E-state index in [1.54, 1.807) is 30.3 Å². The maximum atomic E-state index is 12.5. The first kappa shape index (κ1) is 18.0. The molecule has 1 fully saturated rings. The van der Waals surface area contributed by atoms with E-state index >= 15 is 0 Å². The fourth-order valence-corrected chi connectivity index (χ4v) is 2.76. The van der Waals surface area contributed by atoms with Crippen LogP contribution in [0.25, 0.3) is 0 Å². The molecule has 0 aliphatic carbocycles. The van der Waals surface area contributed by atoms with Gasteiger partial charge in [0.1, 0.15) is 5.69 Å². The van der Waals surface area contributed by atoms with Crippen LogP contribution in [0, 0.1) is 6.92 Å². The number of carbonyl (C=O) groups excluding carboxylic acids is 2. The zero-order valence-electron chi connectivity index (χ0n) is 14.9. The van der Waals surface area contributed by atoms with Crippen molar-refractivity contribution in [2.24, 2.45) is 0 Å². The van der Waals surface area contributed by atoms with Crippen LogP contribution in [0.15, 0.2) is 30.3 Å². The molecule has 2 aromatic rings. The first-order chi connectivity index (χ1) is 12.5. The zero-order chi connectivity index (χ0) is 18.5. The molecule has 2 N–H and O–H groups in total. The number of Topliss-reactive ketones (excluding diaryl/α,β-unsaturated/α-hetero) is 1. The molecule has 1 aliphatic heterocycles. The van der Waals surface area contributed by atoms with Gasteiger partial charge in [-0.2, -0.15) is 0 Å². The number of hydrogen-bond acceptors (Lipinski definition) is 6. The summed E-state index contributed by atoms with van der Waals surface area (Å²) in [5.74, 6) is 0.0695. The van der Waals surface area contributed by atoms with E-state index in [4.69, 9.17) is 4.74 Å². The molecule has 1 aliphatic rings. The van der Waals surface area contributed by atoms with Crippen molar-refractivity contribution in [1.82, 2.24) is 9.97 Å². The third-order valence-electron chi connectivity index (χ3n) is 4.15. The van der Waals surface area contributed by atoms with Crippen molar-refractivity contribution < 1.29 is 14.3 Å². The van der Waals surface area contributed by atoms with Crippen molar-refractivity contribution >= 4 is 23.3 Å². The van der Waals surface area contributed by atoms with Crippen molar-refractivity contribution in [2.75, 3.05) is 23.8 Å². The summed E-state index contributed by atoms with van der Waals surface area (Å²) >= 11 is 0. The molecule has 0 saturated carbocycles. The Labute approximate surface area is 152 Å². The van der Waals surface area contributed by atoms with Gasteiger partial charge in [0.2, 0.25) is 5.95 Å². The highest BCUT2D eigenvalue weighted by Crippen LogP contribution is 2.14. The van der Waals surface area contributed by atoms with Gasteiger partial charge in [0.25, 0.3) is 5.91 Å². The van der Waals surface area contributed by atoms with Gasteiger partial charge in [0, 0.05) is 30.1 Å². The Bertz CT molecular complexity index is 799. The molecule has 1 unspecified atom stereocenters. The number of nitrogens with zero attached hydrogens (tertiary/aromatic N) is 2. The minimum Gasteiger partial charge on any atom is -0.376 e. The maximum Gasteiger partial charge on any atom is 0.274 e. The second-order valence-corrected chi connectivity index (χ2v) is 6.32. The fourth-order valence-electron chi connectivity index (χ4n) is 2.76. The molecule has 1 atom stereocenters. The number of carbonyl (C=O) groups is 2. The van der Waals surface area contributed by atoms with Gasteiger partial charge in [-0.15, -0.1) is 0 Å². The molecule has 7 nitrogen and oxygen atoms in total. The quantitative estimate of drug-likeness (QED) is 0.775. The second-order valence-electron chi connectivity index (χ2n) is 6.32.